The maximum atomic E-state index is 3.01. The zero-order chi connectivity index (χ0) is 30.0. The Morgan fingerprint density at radius 2 is 1.45 bits per heavy atom. The van der Waals surface area contributed by atoms with E-state index >= 15 is 0 Å². The molecule has 0 N–H and O–H groups in total. The number of pyridine rings is 1. The molecule has 0 radical (unpaired) electrons. The van der Waals surface area contributed by atoms with Crippen molar-refractivity contribution in [3.05, 3.63) is 99.6 Å². The van der Waals surface area contributed by atoms with Gasteiger partial charge in [0, 0.05) is 39.0 Å². The van der Waals surface area contributed by atoms with E-state index in [0.29, 0.717) is 17.8 Å². The van der Waals surface area contributed by atoms with Gasteiger partial charge in [0.15, 0.2) is 0 Å². The Kier molecular flexibility index (Phi) is 5.81. The van der Waals surface area contributed by atoms with E-state index in [1.807, 2.05) is 0 Å². The van der Waals surface area contributed by atoms with Crippen molar-refractivity contribution in [2.24, 2.45) is 17.8 Å². The van der Waals surface area contributed by atoms with E-state index < -0.39 is 0 Å². The molecule has 4 aliphatic carbocycles. The lowest BCUT2D eigenvalue weighted by atomic mass is 9.56. The summed E-state index contributed by atoms with van der Waals surface area (Å²) in [6.07, 6.45) is 16.3. The predicted octanol–water partition coefficient (Wildman–Crippen LogP) is 11.0. The van der Waals surface area contributed by atoms with Gasteiger partial charge in [-0.05, 0) is 86.4 Å². The van der Waals surface area contributed by atoms with E-state index in [1.165, 1.54) is 108 Å². The lowest BCUT2D eigenvalue weighted by Crippen LogP contribution is -2.65. The van der Waals surface area contributed by atoms with Gasteiger partial charge in [0.1, 0.15) is 0 Å². The number of nitrogens with zero attached hydrogens (tertiary/aromatic N) is 1. The lowest BCUT2D eigenvalue weighted by molar-refractivity contribution is -0.715. The van der Waals surface area contributed by atoms with E-state index in [0.717, 1.165) is 0 Å². The SMILES string of the molecule is CC1=CC(C)=C(C2CCCCC2)C2(c3ccc4cccc5c4c3-c3c(cc4c(C)cccc4[n+]32)C5(C)C)C1C1CCCCC1. The second kappa shape index (κ2) is 9.41. The van der Waals surface area contributed by atoms with E-state index in [4.69, 9.17) is 0 Å². The van der Waals surface area contributed by atoms with Gasteiger partial charge in [0.25, 0.3) is 0 Å². The number of hydrogen-bond acceptors (Lipinski definition) is 0. The van der Waals surface area contributed by atoms with Crippen LogP contribution in [0.4, 0.5) is 0 Å². The minimum Gasteiger partial charge on any atom is -0.176 e. The van der Waals surface area contributed by atoms with Crippen LogP contribution in [0.25, 0.3) is 32.9 Å². The fourth-order valence-electron chi connectivity index (χ4n) is 11.4. The molecule has 2 saturated carbocycles. The van der Waals surface area contributed by atoms with Crippen molar-refractivity contribution in [2.75, 3.05) is 0 Å². The zero-order valence-corrected chi connectivity index (χ0v) is 27.5. The highest BCUT2D eigenvalue weighted by molar-refractivity contribution is 6.05. The Hall–Kier alpha value is -3.19. The van der Waals surface area contributed by atoms with Crippen LogP contribution in [0.1, 0.15) is 114 Å². The van der Waals surface area contributed by atoms with E-state index in [2.05, 4.69) is 99.9 Å². The number of rotatable bonds is 2. The van der Waals surface area contributed by atoms with Gasteiger partial charge < -0.3 is 0 Å². The van der Waals surface area contributed by atoms with Gasteiger partial charge >= 0.3 is 0 Å². The first kappa shape index (κ1) is 27.1. The summed E-state index contributed by atoms with van der Waals surface area (Å²) in [5.41, 5.74) is 15.3. The standard InChI is InChI=1S/C43H48N/c1-26-14-12-21-36-32(26)25-35-41-38-34(23-22-29-19-13-20-33(37(29)38)42(35,4)5)43(44(36)41)39(30-15-8-6-9-16-30)27(2)24-28(3)40(43)31-17-10-7-11-18-31/h12-14,19-25,30-31,39H,6-11,15-18H2,1-5H3/q+1. The van der Waals surface area contributed by atoms with E-state index in [1.54, 1.807) is 27.8 Å². The van der Waals surface area contributed by atoms with Crippen LogP contribution < -0.4 is 4.57 Å². The molecular formula is C43H48N+. The number of fused-ring (bicyclic) bond motifs is 4. The summed E-state index contributed by atoms with van der Waals surface area (Å²) in [7, 11) is 0. The fourth-order valence-corrected chi connectivity index (χ4v) is 11.4. The van der Waals surface area contributed by atoms with Crippen LogP contribution in [0, 0.1) is 24.7 Å². The number of aromatic nitrogens is 1. The summed E-state index contributed by atoms with van der Waals surface area (Å²) in [6.45, 7) is 12.3. The summed E-state index contributed by atoms with van der Waals surface area (Å²) in [6, 6.07) is 22.0. The molecule has 224 valence electrons. The lowest BCUT2D eigenvalue weighted by Gasteiger charge is -2.47. The fraction of sp³-hybridized carbons (Fsp3) is 0.465. The first-order valence-electron chi connectivity index (χ1n) is 17.8. The normalized spacial score (nSPS) is 26.2. The molecule has 1 nitrogen and oxygen atoms in total. The molecule has 1 spiro atoms. The van der Waals surface area contributed by atoms with Crippen molar-refractivity contribution in [1.29, 1.82) is 0 Å². The number of benzene rings is 3. The van der Waals surface area contributed by atoms with Gasteiger partial charge in [-0.25, -0.2) is 0 Å². The third-order valence-electron chi connectivity index (χ3n) is 13.1. The van der Waals surface area contributed by atoms with Gasteiger partial charge in [-0.1, -0.05) is 106 Å². The molecule has 9 rings (SSSR count). The van der Waals surface area contributed by atoms with Crippen molar-refractivity contribution in [2.45, 2.75) is 110 Å². The van der Waals surface area contributed by atoms with Crippen LogP contribution in [0.15, 0.2) is 77.4 Å². The Balaban J connectivity index is 1.53. The van der Waals surface area contributed by atoms with Gasteiger partial charge in [0.2, 0.25) is 16.7 Å². The monoisotopic (exact) mass is 578 g/mol. The Morgan fingerprint density at radius 3 is 2.23 bits per heavy atom. The van der Waals surface area contributed by atoms with Crippen molar-refractivity contribution in [1.82, 2.24) is 0 Å². The maximum absolute atomic E-state index is 3.01. The van der Waals surface area contributed by atoms with E-state index in [-0.39, 0.29) is 11.0 Å². The minimum absolute atomic E-state index is 0.0755. The van der Waals surface area contributed by atoms with Crippen LogP contribution in [0.5, 0.6) is 0 Å². The van der Waals surface area contributed by atoms with Crippen LogP contribution in [-0.4, -0.2) is 0 Å². The van der Waals surface area contributed by atoms with Crippen molar-refractivity contribution >= 4 is 21.7 Å². The first-order chi connectivity index (χ1) is 21.3. The highest BCUT2D eigenvalue weighted by atomic mass is 15.1. The summed E-state index contributed by atoms with van der Waals surface area (Å²) in [4.78, 5) is 0. The topological polar surface area (TPSA) is 3.88 Å². The molecule has 2 unspecified atom stereocenters. The molecule has 1 aliphatic heterocycles. The second-order valence-electron chi connectivity index (χ2n) is 15.7. The van der Waals surface area contributed by atoms with Gasteiger partial charge in [-0.3, -0.25) is 0 Å². The summed E-state index contributed by atoms with van der Waals surface area (Å²) >= 11 is 0. The first-order valence-corrected chi connectivity index (χ1v) is 17.8. The molecule has 2 atom stereocenters. The number of allylic oxidation sites excluding steroid dienone is 4. The van der Waals surface area contributed by atoms with Crippen molar-refractivity contribution < 1.29 is 4.57 Å². The maximum Gasteiger partial charge on any atom is 0.224 e. The molecule has 5 aliphatic rings. The third-order valence-corrected chi connectivity index (χ3v) is 13.1. The average molecular weight is 579 g/mol. The van der Waals surface area contributed by atoms with Crippen LogP contribution in [-0.2, 0) is 11.0 Å². The van der Waals surface area contributed by atoms with Crippen LogP contribution in [0.3, 0.4) is 0 Å². The molecule has 3 aromatic carbocycles. The number of aryl methyl sites for hydroxylation is 1. The summed E-state index contributed by atoms with van der Waals surface area (Å²) in [5, 5.41) is 4.37. The highest BCUT2D eigenvalue weighted by Gasteiger charge is 2.66. The van der Waals surface area contributed by atoms with Crippen LogP contribution in [0.2, 0.25) is 0 Å². The highest BCUT2D eigenvalue weighted by Crippen LogP contribution is 2.63. The Labute approximate surface area is 264 Å². The zero-order valence-electron chi connectivity index (χ0n) is 27.5. The molecule has 0 bridgehead atoms. The smallest absolute Gasteiger partial charge is 0.176 e. The molecule has 0 amide bonds. The summed E-state index contributed by atoms with van der Waals surface area (Å²) < 4.78 is 3.01. The molecule has 1 heteroatoms. The molecule has 0 saturated heterocycles. The molecule has 4 aromatic rings. The number of hydrogen-bond donors (Lipinski definition) is 0. The Morgan fingerprint density at radius 1 is 0.727 bits per heavy atom. The largest absolute Gasteiger partial charge is 0.224 e. The van der Waals surface area contributed by atoms with Gasteiger partial charge in [-0.15, -0.1) is 0 Å². The second-order valence-corrected chi connectivity index (χ2v) is 15.7. The third kappa shape index (κ3) is 3.29. The van der Waals surface area contributed by atoms with Crippen LogP contribution >= 0.6 is 0 Å². The predicted molar refractivity (Wildman–Crippen MR) is 184 cm³/mol. The molecular weight excluding hydrogens is 530 g/mol. The van der Waals surface area contributed by atoms with Gasteiger partial charge in [0.05, 0.1) is 11.5 Å². The molecule has 44 heavy (non-hydrogen) atoms. The van der Waals surface area contributed by atoms with Crippen molar-refractivity contribution in [3.63, 3.8) is 0 Å². The van der Waals surface area contributed by atoms with Crippen molar-refractivity contribution in [3.8, 4) is 11.3 Å². The minimum atomic E-state index is -0.179. The van der Waals surface area contributed by atoms with E-state index in [9.17, 15) is 0 Å². The average Bonchev–Trinajstić information content (AvgIpc) is 3.32. The molecule has 2 fully saturated rings. The molecule has 1 aromatic heterocycles. The Bertz CT molecular complexity index is 1940. The quantitative estimate of drug-likeness (QED) is 0.208. The van der Waals surface area contributed by atoms with Gasteiger partial charge in [-0.2, -0.15) is 4.57 Å². The molecule has 2 heterocycles. The summed E-state index contributed by atoms with van der Waals surface area (Å²) in [5.74, 6) is 1.84.